The van der Waals surface area contributed by atoms with E-state index in [-0.39, 0.29) is 6.61 Å². The molecule has 0 unspecified atom stereocenters. The molecule has 7 nitrogen and oxygen atoms in total. The maximum atomic E-state index is 13.0. The molecular weight excluding hydrogens is 476 g/mol. The highest BCUT2D eigenvalue weighted by Gasteiger charge is 2.32. The quantitative estimate of drug-likeness (QED) is 0.396. The van der Waals surface area contributed by atoms with Gasteiger partial charge < -0.3 is 24.3 Å². The molecule has 1 atom stereocenters. The number of fused-ring (bicyclic) bond motifs is 1. The number of benzene rings is 3. The van der Waals surface area contributed by atoms with Crippen LogP contribution in [0.15, 0.2) is 70.9 Å². The monoisotopic (exact) mass is 506 g/mol. The van der Waals surface area contributed by atoms with Crippen LogP contribution in [0.3, 0.4) is 0 Å². The number of hydrogen-bond donors (Lipinski definition) is 1. The highest BCUT2D eigenvalue weighted by atomic mass is 32.2. The molecule has 0 radical (unpaired) electrons. The molecule has 1 aliphatic heterocycles. The standard InChI is InChI=1S/C28H30N2O5S/c1-6-35-27(31)24-17(2)29-28(36-16-19-12-9-11-18-10-7-8-13-21(18)19)30-25(24)20-14-22(32-3)26(34-5)23(15-20)33-4/h7-15,25H,6,16H2,1-5H3,(H,29,30)/t25-/m0/s1. The molecule has 3 aromatic rings. The summed E-state index contributed by atoms with van der Waals surface area (Å²) in [6.45, 7) is 3.92. The normalized spacial score (nSPS) is 15.2. The summed E-state index contributed by atoms with van der Waals surface area (Å²) in [4.78, 5) is 17.9. The summed E-state index contributed by atoms with van der Waals surface area (Å²) in [7, 11) is 4.68. The number of methoxy groups -OCH3 is 3. The van der Waals surface area contributed by atoms with E-state index < -0.39 is 12.0 Å². The number of aliphatic imine (C=N–C) groups is 1. The minimum atomic E-state index is -0.603. The number of nitrogens with zero attached hydrogens (tertiary/aromatic N) is 1. The van der Waals surface area contributed by atoms with Gasteiger partial charge in [0.1, 0.15) is 6.04 Å². The summed E-state index contributed by atoms with van der Waals surface area (Å²) in [5, 5.41) is 6.43. The summed E-state index contributed by atoms with van der Waals surface area (Å²) < 4.78 is 21.9. The molecular formula is C28H30N2O5S. The molecule has 3 aromatic carbocycles. The van der Waals surface area contributed by atoms with Crippen LogP contribution in [0.4, 0.5) is 0 Å². The van der Waals surface area contributed by atoms with Gasteiger partial charge in [-0.2, -0.15) is 0 Å². The van der Waals surface area contributed by atoms with E-state index in [1.165, 1.54) is 16.3 Å². The zero-order valence-corrected chi connectivity index (χ0v) is 21.9. The number of amidine groups is 1. The van der Waals surface area contributed by atoms with Crippen molar-refractivity contribution in [3.63, 3.8) is 0 Å². The summed E-state index contributed by atoms with van der Waals surface area (Å²) in [5.74, 6) is 1.77. The average Bonchev–Trinajstić information content (AvgIpc) is 2.90. The molecule has 0 saturated heterocycles. The van der Waals surface area contributed by atoms with Gasteiger partial charge in [0.2, 0.25) is 5.75 Å². The van der Waals surface area contributed by atoms with Crippen molar-refractivity contribution < 1.29 is 23.7 Å². The Balaban J connectivity index is 1.72. The van der Waals surface area contributed by atoms with Crippen LogP contribution in [0.1, 0.15) is 31.0 Å². The largest absolute Gasteiger partial charge is 0.493 e. The zero-order chi connectivity index (χ0) is 25.7. The molecule has 8 heteroatoms. The van der Waals surface area contributed by atoms with Crippen molar-refractivity contribution in [3.8, 4) is 17.2 Å². The van der Waals surface area contributed by atoms with E-state index in [9.17, 15) is 4.79 Å². The summed E-state index contributed by atoms with van der Waals surface area (Å²) in [6.07, 6.45) is 0. The maximum absolute atomic E-state index is 13.0. The van der Waals surface area contributed by atoms with E-state index in [1.807, 2.05) is 31.2 Å². The topological polar surface area (TPSA) is 78.4 Å². The second kappa shape index (κ2) is 11.4. The predicted molar refractivity (Wildman–Crippen MR) is 144 cm³/mol. The van der Waals surface area contributed by atoms with Crippen molar-refractivity contribution in [3.05, 3.63) is 77.0 Å². The molecule has 0 saturated carbocycles. The van der Waals surface area contributed by atoms with E-state index in [4.69, 9.17) is 23.9 Å². The Bertz CT molecular complexity index is 1300. The zero-order valence-electron chi connectivity index (χ0n) is 21.1. The minimum absolute atomic E-state index is 0.268. The Labute approximate surface area is 215 Å². The molecule has 36 heavy (non-hydrogen) atoms. The van der Waals surface area contributed by atoms with Gasteiger partial charge in [-0.25, -0.2) is 9.79 Å². The summed E-state index contributed by atoms with van der Waals surface area (Å²) >= 11 is 1.59. The summed E-state index contributed by atoms with van der Waals surface area (Å²) in [5.41, 5.74) is 3.09. The molecule has 1 N–H and O–H groups in total. The third-order valence-electron chi connectivity index (χ3n) is 5.96. The highest BCUT2D eigenvalue weighted by Crippen LogP contribution is 2.43. The fourth-order valence-corrected chi connectivity index (χ4v) is 5.21. The lowest BCUT2D eigenvalue weighted by Gasteiger charge is -2.26. The lowest BCUT2D eigenvalue weighted by molar-refractivity contribution is -0.138. The molecule has 0 aromatic heterocycles. The van der Waals surface area contributed by atoms with Crippen LogP contribution >= 0.6 is 11.8 Å². The first-order valence-electron chi connectivity index (χ1n) is 11.6. The maximum Gasteiger partial charge on any atom is 0.338 e. The van der Waals surface area contributed by atoms with E-state index >= 15 is 0 Å². The highest BCUT2D eigenvalue weighted by molar-refractivity contribution is 8.13. The van der Waals surface area contributed by atoms with E-state index in [0.717, 1.165) is 11.3 Å². The van der Waals surface area contributed by atoms with Gasteiger partial charge in [-0.3, -0.25) is 0 Å². The van der Waals surface area contributed by atoms with E-state index in [0.29, 0.717) is 33.7 Å². The second-order valence-corrected chi connectivity index (χ2v) is 9.07. The first-order chi connectivity index (χ1) is 17.5. The van der Waals surface area contributed by atoms with Gasteiger partial charge >= 0.3 is 5.97 Å². The van der Waals surface area contributed by atoms with Crippen LogP contribution in [-0.4, -0.2) is 39.1 Å². The molecule has 188 valence electrons. The van der Waals surface area contributed by atoms with Crippen molar-refractivity contribution in [1.29, 1.82) is 0 Å². The number of nitrogens with one attached hydrogen (secondary N) is 1. The number of carbonyl (C=O) groups excluding carboxylic acids is 1. The number of hydrogen-bond acceptors (Lipinski definition) is 8. The van der Waals surface area contributed by atoms with Gasteiger partial charge in [-0.1, -0.05) is 54.2 Å². The van der Waals surface area contributed by atoms with Crippen molar-refractivity contribution in [2.24, 2.45) is 4.99 Å². The van der Waals surface area contributed by atoms with E-state index in [2.05, 4.69) is 35.6 Å². The first kappa shape index (κ1) is 25.4. The SMILES string of the molecule is CCOC(=O)C1=C(C)NC(SCc2cccc3ccccc23)=N[C@H]1c1cc(OC)c(OC)c(OC)c1. The van der Waals surface area contributed by atoms with Gasteiger partial charge in [0.25, 0.3) is 0 Å². The minimum Gasteiger partial charge on any atom is -0.493 e. The van der Waals surface area contributed by atoms with Gasteiger partial charge in [-0.05, 0) is 47.9 Å². The number of thioether (sulfide) groups is 1. The van der Waals surface area contributed by atoms with Crippen LogP contribution in [0.2, 0.25) is 0 Å². The third kappa shape index (κ3) is 5.14. The first-order valence-corrected chi connectivity index (χ1v) is 12.6. The van der Waals surface area contributed by atoms with Crippen LogP contribution in [0.5, 0.6) is 17.2 Å². The molecule has 0 bridgehead atoms. The lowest BCUT2D eigenvalue weighted by atomic mass is 9.96. The Morgan fingerprint density at radius 1 is 1.00 bits per heavy atom. The van der Waals surface area contributed by atoms with Crippen molar-refractivity contribution in [1.82, 2.24) is 5.32 Å². The number of esters is 1. The molecule has 4 rings (SSSR count). The molecule has 0 spiro atoms. The van der Waals surface area contributed by atoms with Gasteiger partial charge in [0, 0.05) is 11.4 Å². The third-order valence-corrected chi connectivity index (χ3v) is 6.90. The van der Waals surface area contributed by atoms with Crippen LogP contribution in [-0.2, 0) is 15.3 Å². The summed E-state index contributed by atoms with van der Waals surface area (Å²) in [6, 6.07) is 17.7. The predicted octanol–water partition coefficient (Wildman–Crippen LogP) is 5.64. The fraction of sp³-hybridized carbons (Fsp3) is 0.286. The number of allylic oxidation sites excluding steroid dienone is 1. The van der Waals surface area contributed by atoms with Crippen molar-refractivity contribution in [2.45, 2.75) is 25.6 Å². The number of rotatable bonds is 8. The van der Waals surface area contributed by atoms with Crippen LogP contribution in [0.25, 0.3) is 10.8 Å². The number of ether oxygens (including phenoxy) is 4. The Hall–Kier alpha value is -3.65. The fourth-order valence-electron chi connectivity index (χ4n) is 4.26. The van der Waals surface area contributed by atoms with Crippen molar-refractivity contribution >= 4 is 33.7 Å². The number of carbonyl (C=O) groups is 1. The van der Waals surface area contributed by atoms with Gasteiger partial charge in [0.15, 0.2) is 16.7 Å². The molecule has 0 amide bonds. The molecule has 1 aliphatic rings. The van der Waals surface area contributed by atoms with E-state index in [1.54, 1.807) is 40.0 Å². The smallest absolute Gasteiger partial charge is 0.338 e. The van der Waals surface area contributed by atoms with Gasteiger partial charge in [0.05, 0.1) is 33.5 Å². The Kier molecular flexibility index (Phi) is 8.05. The molecule has 1 heterocycles. The lowest BCUT2D eigenvalue weighted by Crippen LogP contribution is -2.30. The van der Waals surface area contributed by atoms with Gasteiger partial charge in [-0.15, -0.1) is 0 Å². The van der Waals surface area contributed by atoms with Crippen molar-refractivity contribution in [2.75, 3.05) is 27.9 Å². The molecule has 0 fully saturated rings. The molecule has 0 aliphatic carbocycles. The second-order valence-electron chi connectivity index (χ2n) is 8.11. The average molecular weight is 507 g/mol. The Morgan fingerprint density at radius 2 is 1.69 bits per heavy atom. The Morgan fingerprint density at radius 3 is 2.36 bits per heavy atom. The van der Waals surface area contributed by atoms with Crippen LogP contribution < -0.4 is 19.5 Å². The van der Waals surface area contributed by atoms with Crippen LogP contribution in [0, 0.1) is 0 Å².